The van der Waals surface area contributed by atoms with Crippen molar-refractivity contribution in [3.8, 4) is 0 Å². The van der Waals surface area contributed by atoms with Crippen LogP contribution in [-0.4, -0.2) is 23.9 Å². The van der Waals surface area contributed by atoms with Crippen LogP contribution in [0.4, 0.5) is 0 Å². The summed E-state index contributed by atoms with van der Waals surface area (Å²) in [5, 5.41) is 3.80. The monoisotopic (exact) mass is 325 g/mol. The Morgan fingerprint density at radius 2 is 2.21 bits per heavy atom. The van der Waals surface area contributed by atoms with Crippen molar-refractivity contribution in [3.05, 3.63) is 35.9 Å². The van der Waals surface area contributed by atoms with E-state index in [1.807, 2.05) is 37.3 Å². The Morgan fingerprint density at radius 3 is 2.79 bits per heavy atom. The minimum atomic E-state index is -0.378. The highest BCUT2D eigenvalue weighted by molar-refractivity contribution is 9.09. The third-order valence-electron chi connectivity index (χ3n) is 3.53. The second-order valence-corrected chi connectivity index (χ2v) is 5.78. The van der Waals surface area contributed by atoms with Gasteiger partial charge in [0.25, 0.3) is 0 Å². The van der Waals surface area contributed by atoms with Gasteiger partial charge in [0.05, 0.1) is 18.1 Å². The molecule has 0 spiro atoms. The van der Waals surface area contributed by atoms with Gasteiger partial charge in [-0.05, 0) is 25.3 Å². The van der Waals surface area contributed by atoms with Crippen LogP contribution in [0.1, 0.15) is 31.7 Å². The predicted molar refractivity (Wildman–Crippen MR) is 79.3 cm³/mol. The van der Waals surface area contributed by atoms with Gasteiger partial charge in [-0.2, -0.15) is 0 Å². The topological polar surface area (TPSA) is 38.3 Å². The lowest BCUT2D eigenvalue weighted by Crippen LogP contribution is -2.45. The summed E-state index contributed by atoms with van der Waals surface area (Å²) in [5.74, 6) is 0.0534. The van der Waals surface area contributed by atoms with Crippen LogP contribution in [0.3, 0.4) is 0 Å². The predicted octanol–water partition coefficient (Wildman–Crippen LogP) is 2.98. The molecule has 1 aliphatic rings. The Balaban J connectivity index is 1.99. The minimum Gasteiger partial charge on any atom is -0.378 e. The number of hydrogen-bond acceptors (Lipinski definition) is 2. The van der Waals surface area contributed by atoms with Crippen molar-refractivity contribution in [2.45, 2.75) is 37.8 Å². The van der Waals surface area contributed by atoms with Crippen molar-refractivity contribution in [2.24, 2.45) is 0 Å². The lowest BCUT2D eigenvalue weighted by Gasteiger charge is -2.30. The first kappa shape index (κ1) is 14.5. The normalized spacial score (nSPS) is 21.9. The van der Waals surface area contributed by atoms with E-state index < -0.39 is 0 Å². The standard InChI is InChI=1S/C15H20BrNO2/c1-15(11-16,12-6-3-2-4-7-12)17-14(18)10-13-8-5-9-19-13/h2-4,6-7,13H,5,8-11H2,1H3,(H,17,18). The number of benzene rings is 1. The molecule has 4 heteroatoms. The van der Waals surface area contributed by atoms with Crippen LogP contribution in [-0.2, 0) is 15.1 Å². The molecular weight excluding hydrogens is 306 g/mol. The maximum atomic E-state index is 12.1. The Hall–Kier alpha value is -0.870. The van der Waals surface area contributed by atoms with Gasteiger partial charge < -0.3 is 10.1 Å². The van der Waals surface area contributed by atoms with E-state index in [0.717, 1.165) is 25.0 Å². The van der Waals surface area contributed by atoms with Crippen LogP contribution in [0, 0.1) is 0 Å². The smallest absolute Gasteiger partial charge is 0.223 e. The van der Waals surface area contributed by atoms with Gasteiger partial charge in [-0.25, -0.2) is 0 Å². The van der Waals surface area contributed by atoms with E-state index >= 15 is 0 Å². The first-order valence-electron chi connectivity index (χ1n) is 6.68. The molecule has 1 N–H and O–H groups in total. The molecule has 0 aliphatic carbocycles. The van der Waals surface area contributed by atoms with Crippen molar-refractivity contribution in [3.63, 3.8) is 0 Å². The molecule has 1 amide bonds. The zero-order valence-electron chi connectivity index (χ0n) is 11.2. The third-order valence-corrected chi connectivity index (χ3v) is 4.65. The van der Waals surface area contributed by atoms with Crippen molar-refractivity contribution in [1.82, 2.24) is 5.32 Å². The molecule has 2 unspecified atom stereocenters. The Labute approximate surface area is 122 Å². The van der Waals surface area contributed by atoms with E-state index in [2.05, 4.69) is 21.2 Å². The average Bonchev–Trinajstić information content (AvgIpc) is 2.92. The lowest BCUT2D eigenvalue weighted by molar-refractivity contribution is -0.124. The second kappa shape index (κ2) is 6.53. The van der Waals surface area contributed by atoms with Gasteiger partial charge in [0.15, 0.2) is 0 Å². The molecule has 1 saturated heterocycles. The summed E-state index contributed by atoms with van der Waals surface area (Å²) in [5.41, 5.74) is 0.726. The molecule has 2 rings (SSSR count). The summed E-state index contributed by atoms with van der Waals surface area (Å²) in [4.78, 5) is 12.1. The molecule has 0 radical (unpaired) electrons. The summed E-state index contributed by atoms with van der Waals surface area (Å²) in [7, 11) is 0. The van der Waals surface area contributed by atoms with Crippen molar-refractivity contribution in [1.29, 1.82) is 0 Å². The van der Waals surface area contributed by atoms with Gasteiger partial charge in [-0.1, -0.05) is 46.3 Å². The minimum absolute atomic E-state index is 0.0534. The van der Waals surface area contributed by atoms with Crippen LogP contribution < -0.4 is 5.32 Å². The second-order valence-electron chi connectivity index (χ2n) is 5.22. The lowest BCUT2D eigenvalue weighted by atomic mass is 9.94. The summed E-state index contributed by atoms with van der Waals surface area (Å²) in [6, 6.07) is 10.0. The van der Waals surface area contributed by atoms with E-state index in [4.69, 9.17) is 4.74 Å². The average molecular weight is 326 g/mol. The first-order valence-corrected chi connectivity index (χ1v) is 7.80. The molecule has 3 nitrogen and oxygen atoms in total. The van der Waals surface area contributed by atoms with E-state index in [1.165, 1.54) is 0 Å². The number of nitrogens with one attached hydrogen (secondary N) is 1. The van der Waals surface area contributed by atoms with Gasteiger partial charge in [0, 0.05) is 11.9 Å². The summed E-state index contributed by atoms with van der Waals surface area (Å²) in [6.07, 6.45) is 2.60. The Bertz CT molecular complexity index is 417. The van der Waals surface area contributed by atoms with Gasteiger partial charge >= 0.3 is 0 Å². The molecule has 0 saturated carbocycles. The number of amides is 1. The molecule has 1 aromatic carbocycles. The fourth-order valence-electron chi connectivity index (χ4n) is 2.36. The highest BCUT2D eigenvalue weighted by Crippen LogP contribution is 2.24. The maximum Gasteiger partial charge on any atom is 0.223 e. The fraction of sp³-hybridized carbons (Fsp3) is 0.533. The molecule has 0 bridgehead atoms. The number of rotatable bonds is 5. The maximum absolute atomic E-state index is 12.1. The largest absolute Gasteiger partial charge is 0.378 e. The van der Waals surface area contributed by atoms with Gasteiger partial charge in [-0.15, -0.1) is 0 Å². The van der Waals surface area contributed by atoms with Crippen LogP contribution in [0.2, 0.25) is 0 Å². The number of alkyl halides is 1. The molecule has 1 aromatic rings. The summed E-state index contributed by atoms with van der Waals surface area (Å²) >= 11 is 3.50. The Morgan fingerprint density at radius 1 is 1.47 bits per heavy atom. The first-order chi connectivity index (χ1) is 9.14. The van der Waals surface area contributed by atoms with E-state index in [-0.39, 0.29) is 17.6 Å². The molecule has 2 atom stereocenters. The number of carbonyl (C=O) groups excluding carboxylic acids is 1. The number of hydrogen-bond donors (Lipinski definition) is 1. The molecule has 0 aromatic heterocycles. The number of carbonyl (C=O) groups is 1. The van der Waals surface area contributed by atoms with E-state index in [1.54, 1.807) is 0 Å². The highest BCUT2D eigenvalue weighted by atomic mass is 79.9. The zero-order chi connectivity index (χ0) is 13.7. The van der Waals surface area contributed by atoms with Crippen LogP contribution in [0.5, 0.6) is 0 Å². The molecule has 19 heavy (non-hydrogen) atoms. The molecule has 1 heterocycles. The van der Waals surface area contributed by atoms with Crippen molar-refractivity contribution >= 4 is 21.8 Å². The molecule has 1 aliphatic heterocycles. The van der Waals surface area contributed by atoms with Crippen molar-refractivity contribution in [2.75, 3.05) is 11.9 Å². The summed E-state index contributed by atoms with van der Waals surface area (Å²) in [6.45, 7) is 2.82. The van der Waals surface area contributed by atoms with Crippen LogP contribution in [0.25, 0.3) is 0 Å². The van der Waals surface area contributed by atoms with E-state index in [0.29, 0.717) is 11.8 Å². The van der Waals surface area contributed by atoms with Gasteiger partial charge in [-0.3, -0.25) is 4.79 Å². The fourth-order valence-corrected chi connectivity index (χ4v) is 2.82. The van der Waals surface area contributed by atoms with Crippen LogP contribution in [0.15, 0.2) is 30.3 Å². The van der Waals surface area contributed by atoms with Crippen LogP contribution >= 0.6 is 15.9 Å². The SMILES string of the molecule is CC(CBr)(NC(=O)CC1CCCO1)c1ccccc1. The number of halogens is 1. The zero-order valence-corrected chi connectivity index (χ0v) is 12.8. The number of ether oxygens (including phenoxy) is 1. The van der Waals surface area contributed by atoms with Gasteiger partial charge in [0.2, 0.25) is 5.91 Å². The third kappa shape index (κ3) is 3.80. The molecule has 1 fully saturated rings. The quantitative estimate of drug-likeness (QED) is 0.845. The molecular formula is C15H20BrNO2. The Kier molecular flexibility index (Phi) is 4.99. The van der Waals surface area contributed by atoms with E-state index in [9.17, 15) is 4.79 Å². The highest BCUT2D eigenvalue weighted by Gasteiger charge is 2.29. The van der Waals surface area contributed by atoms with Crippen molar-refractivity contribution < 1.29 is 9.53 Å². The molecule has 104 valence electrons. The summed E-state index contributed by atoms with van der Waals surface area (Å²) < 4.78 is 5.50. The van der Waals surface area contributed by atoms with Gasteiger partial charge in [0.1, 0.15) is 0 Å².